The average molecular weight is 388 g/mol. The van der Waals surface area contributed by atoms with Gasteiger partial charge in [0.2, 0.25) is 5.88 Å². The van der Waals surface area contributed by atoms with Crippen LogP contribution < -0.4 is 15.4 Å². The fourth-order valence-electron chi connectivity index (χ4n) is 3.58. The number of hydrogen-bond acceptors (Lipinski definition) is 4. The van der Waals surface area contributed by atoms with Crippen molar-refractivity contribution in [2.24, 2.45) is 16.8 Å². The first-order valence-electron chi connectivity index (χ1n) is 11.0. The van der Waals surface area contributed by atoms with Gasteiger partial charge in [-0.3, -0.25) is 0 Å². The van der Waals surface area contributed by atoms with Gasteiger partial charge in [-0.1, -0.05) is 13.8 Å². The fourth-order valence-corrected chi connectivity index (χ4v) is 3.58. The van der Waals surface area contributed by atoms with Crippen LogP contribution >= 0.6 is 0 Å². The summed E-state index contributed by atoms with van der Waals surface area (Å²) in [5.41, 5.74) is 1.13. The van der Waals surface area contributed by atoms with E-state index in [1.807, 2.05) is 18.3 Å². The first-order chi connectivity index (χ1) is 13.6. The maximum atomic E-state index is 5.79. The minimum atomic E-state index is 0.496. The zero-order valence-corrected chi connectivity index (χ0v) is 17.8. The van der Waals surface area contributed by atoms with Crippen molar-refractivity contribution in [2.45, 2.75) is 59.0 Å². The van der Waals surface area contributed by atoms with Gasteiger partial charge in [0.1, 0.15) is 0 Å². The number of aliphatic imine (C=N–C) groups is 1. The molecule has 6 nitrogen and oxygen atoms in total. The van der Waals surface area contributed by atoms with Crippen molar-refractivity contribution in [1.29, 1.82) is 0 Å². The molecule has 1 saturated heterocycles. The molecule has 0 amide bonds. The molecule has 2 aliphatic rings. The number of aromatic nitrogens is 1. The summed E-state index contributed by atoms with van der Waals surface area (Å²) >= 11 is 0. The molecule has 3 rings (SSSR count). The van der Waals surface area contributed by atoms with Crippen molar-refractivity contribution in [3.8, 4) is 5.88 Å². The van der Waals surface area contributed by atoms with Gasteiger partial charge < -0.3 is 20.3 Å². The number of nitrogens with one attached hydrogen (secondary N) is 2. The van der Waals surface area contributed by atoms with Crippen LogP contribution in [0.3, 0.4) is 0 Å². The standard InChI is InChI=1S/C22H37N5O/c1-4-23-22(26-20-8-11-27(12-9-20)15-17(2)3)25-14-19-7-10-24-21(13-19)28-16-18-5-6-18/h7,10,13,17-18,20H,4-6,8-9,11-12,14-16H2,1-3H3,(H2,23,25,26). The second-order valence-electron chi connectivity index (χ2n) is 8.56. The van der Waals surface area contributed by atoms with Gasteiger partial charge >= 0.3 is 0 Å². The molecule has 156 valence electrons. The highest BCUT2D eigenvalue weighted by molar-refractivity contribution is 5.80. The summed E-state index contributed by atoms with van der Waals surface area (Å²) in [6.07, 6.45) is 6.74. The summed E-state index contributed by atoms with van der Waals surface area (Å²) in [5.74, 6) is 3.10. The highest BCUT2D eigenvalue weighted by atomic mass is 16.5. The Morgan fingerprint density at radius 2 is 2.07 bits per heavy atom. The van der Waals surface area contributed by atoms with Crippen LogP contribution in [-0.2, 0) is 6.54 Å². The van der Waals surface area contributed by atoms with Gasteiger partial charge in [-0.15, -0.1) is 0 Å². The largest absolute Gasteiger partial charge is 0.477 e. The number of guanidine groups is 1. The Kier molecular flexibility index (Phi) is 7.95. The van der Waals surface area contributed by atoms with Crippen molar-refractivity contribution in [3.05, 3.63) is 23.9 Å². The van der Waals surface area contributed by atoms with E-state index in [9.17, 15) is 0 Å². The molecule has 2 fully saturated rings. The molecule has 1 aromatic heterocycles. The normalized spacial score (nSPS) is 19.1. The highest BCUT2D eigenvalue weighted by Gasteiger charge is 2.22. The van der Waals surface area contributed by atoms with Gasteiger partial charge in [0.05, 0.1) is 13.2 Å². The molecule has 6 heteroatoms. The molecular formula is C22H37N5O. The van der Waals surface area contributed by atoms with Crippen LogP contribution in [-0.4, -0.2) is 54.7 Å². The van der Waals surface area contributed by atoms with E-state index >= 15 is 0 Å². The average Bonchev–Trinajstić information content (AvgIpc) is 3.51. The predicted octanol–water partition coefficient (Wildman–Crippen LogP) is 3.05. The Morgan fingerprint density at radius 3 is 2.75 bits per heavy atom. The Labute approximate surface area is 170 Å². The minimum Gasteiger partial charge on any atom is -0.477 e. The van der Waals surface area contributed by atoms with Crippen LogP contribution in [0.25, 0.3) is 0 Å². The van der Waals surface area contributed by atoms with Crippen LogP contribution in [0.1, 0.15) is 52.0 Å². The zero-order valence-electron chi connectivity index (χ0n) is 17.8. The van der Waals surface area contributed by atoms with Gasteiger partial charge in [0.25, 0.3) is 0 Å². The highest BCUT2D eigenvalue weighted by Crippen LogP contribution is 2.29. The lowest BCUT2D eigenvalue weighted by Crippen LogP contribution is -2.49. The van der Waals surface area contributed by atoms with E-state index < -0.39 is 0 Å². The summed E-state index contributed by atoms with van der Waals surface area (Å²) in [7, 11) is 0. The van der Waals surface area contributed by atoms with Gasteiger partial charge in [-0.2, -0.15) is 0 Å². The number of pyridine rings is 1. The second kappa shape index (κ2) is 10.6. The van der Waals surface area contributed by atoms with Crippen molar-refractivity contribution < 1.29 is 4.74 Å². The molecule has 0 radical (unpaired) electrons. The lowest BCUT2D eigenvalue weighted by Gasteiger charge is -2.34. The molecule has 0 aromatic carbocycles. The van der Waals surface area contributed by atoms with Crippen molar-refractivity contribution >= 4 is 5.96 Å². The smallest absolute Gasteiger partial charge is 0.213 e. The van der Waals surface area contributed by atoms with Gasteiger partial charge in [-0.25, -0.2) is 9.98 Å². The van der Waals surface area contributed by atoms with Crippen molar-refractivity contribution in [1.82, 2.24) is 20.5 Å². The Hall–Kier alpha value is -1.82. The molecule has 0 bridgehead atoms. The topological polar surface area (TPSA) is 61.8 Å². The summed E-state index contributed by atoms with van der Waals surface area (Å²) in [4.78, 5) is 11.7. The van der Waals surface area contributed by atoms with Gasteiger partial charge in [0.15, 0.2) is 5.96 Å². The maximum Gasteiger partial charge on any atom is 0.213 e. The Balaban J connectivity index is 1.49. The number of hydrogen-bond donors (Lipinski definition) is 2. The zero-order chi connectivity index (χ0) is 19.8. The molecule has 0 atom stereocenters. The van der Waals surface area contributed by atoms with E-state index in [2.05, 4.69) is 41.3 Å². The van der Waals surface area contributed by atoms with Crippen LogP contribution in [0.15, 0.2) is 23.3 Å². The number of rotatable bonds is 9. The summed E-state index contributed by atoms with van der Waals surface area (Å²) < 4.78 is 5.79. The molecule has 1 saturated carbocycles. The quantitative estimate of drug-likeness (QED) is 0.504. The van der Waals surface area contributed by atoms with Crippen LogP contribution in [0.2, 0.25) is 0 Å². The van der Waals surface area contributed by atoms with Crippen LogP contribution in [0.4, 0.5) is 0 Å². The molecule has 1 aromatic rings. The number of nitrogens with zero attached hydrogens (tertiary/aromatic N) is 3. The fraction of sp³-hybridized carbons (Fsp3) is 0.727. The molecule has 2 N–H and O–H groups in total. The Morgan fingerprint density at radius 1 is 1.29 bits per heavy atom. The van der Waals surface area contributed by atoms with Crippen LogP contribution in [0, 0.1) is 11.8 Å². The molecule has 2 heterocycles. The van der Waals surface area contributed by atoms with Gasteiger partial charge in [0, 0.05) is 44.5 Å². The maximum absolute atomic E-state index is 5.79. The second-order valence-corrected chi connectivity index (χ2v) is 8.56. The third-order valence-electron chi connectivity index (χ3n) is 5.28. The minimum absolute atomic E-state index is 0.496. The molecular weight excluding hydrogens is 350 g/mol. The lowest BCUT2D eigenvalue weighted by molar-refractivity contribution is 0.187. The molecule has 0 spiro atoms. The first-order valence-corrected chi connectivity index (χ1v) is 11.0. The lowest BCUT2D eigenvalue weighted by atomic mass is 10.0. The first kappa shape index (κ1) is 20.9. The molecule has 1 aliphatic carbocycles. The van der Waals surface area contributed by atoms with E-state index in [0.717, 1.165) is 42.4 Å². The van der Waals surface area contributed by atoms with Crippen molar-refractivity contribution in [3.63, 3.8) is 0 Å². The molecule has 28 heavy (non-hydrogen) atoms. The molecule has 0 unspecified atom stereocenters. The number of piperidine rings is 1. The van der Waals surface area contributed by atoms with E-state index in [0.29, 0.717) is 12.6 Å². The van der Waals surface area contributed by atoms with E-state index in [-0.39, 0.29) is 0 Å². The van der Waals surface area contributed by atoms with E-state index in [1.54, 1.807) is 0 Å². The number of likely N-dealkylation sites (tertiary alicyclic amines) is 1. The summed E-state index contributed by atoms with van der Waals surface area (Å²) in [5, 5.41) is 7.01. The number of ether oxygens (including phenoxy) is 1. The monoisotopic (exact) mass is 387 g/mol. The van der Waals surface area contributed by atoms with Crippen molar-refractivity contribution in [2.75, 3.05) is 32.8 Å². The van der Waals surface area contributed by atoms with Gasteiger partial charge in [-0.05, 0) is 56.1 Å². The Bertz CT molecular complexity index is 621. The third kappa shape index (κ3) is 7.30. The SMILES string of the molecule is CCNC(=NCc1ccnc(OCC2CC2)c1)NC1CCN(CC(C)C)CC1. The predicted molar refractivity (Wildman–Crippen MR) is 115 cm³/mol. The summed E-state index contributed by atoms with van der Waals surface area (Å²) in [6.45, 7) is 12.5. The molecule has 1 aliphatic heterocycles. The summed E-state index contributed by atoms with van der Waals surface area (Å²) in [6, 6.07) is 4.53. The van der Waals surface area contributed by atoms with E-state index in [4.69, 9.17) is 9.73 Å². The van der Waals surface area contributed by atoms with Crippen LogP contribution in [0.5, 0.6) is 5.88 Å². The third-order valence-corrected chi connectivity index (χ3v) is 5.28. The van der Waals surface area contributed by atoms with E-state index in [1.165, 1.54) is 45.3 Å².